The Morgan fingerprint density at radius 2 is 2.29 bits per heavy atom. The standard InChI is InChI=1S/C10H13NO3/c1-14-10(13)11-8-3-2-7(6-12)9(11)5-4-8/h2-3,6-9H,4-5H2,1H3/t7-,8-,9-/m0/s1. The van der Waals surface area contributed by atoms with Crippen LogP contribution in [0.2, 0.25) is 0 Å². The zero-order valence-corrected chi connectivity index (χ0v) is 8.05. The zero-order valence-electron chi connectivity index (χ0n) is 8.05. The van der Waals surface area contributed by atoms with Crippen LogP contribution < -0.4 is 0 Å². The molecule has 3 atom stereocenters. The number of hydrogen-bond donors (Lipinski definition) is 0. The van der Waals surface area contributed by atoms with Crippen LogP contribution in [0, 0.1) is 5.92 Å². The van der Waals surface area contributed by atoms with Crippen molar-refractivity contribution in [2.75, 3.05) is 7.11 Å². The summed E-state index contributed by atoms with van der Waals surface area (Å²) in [6.45, 7) is 0. The number of fused-ring (bicyclic) bond motifs is 2. The predicted molar refractivity (Wildman–Crippen MR) is 49.7 cm³/mol. The van der Waals surface area contributed by atoms with E-state index in [4.69, 9.17) is 4.74 Å². The lowest BCUT2D eigenvalue weighted by molar-refractivity contribution is -0.111. The van der Waals surface area contributed by atoms with Gasteiger partial charge in [0.2, 0.25) is 0 Å². The van der Waals surface area contributed by atoms with Gasteiger partial charge in [0.25, 0.3) is 0 Å². The van der Waals surface area contributed by atoms with Crippen LogP contribution in [-0.2, 0) is 9.53 Å². The molecule has 0 saturated carbocycles. The van der Waals surface area contributed by atoms with Gasteiger partial charge in [0.15, 0.2) is 0 Å². The van der Waals surface area contributed by atoms with E-state index in [1.165, 1.54) is 7.11 Å². The van der Waals surface area contributed by atoms with E-state index in [1.807, 2.05) is 12.2 Å². The van der Waals surface area contributed by atoms with Gasteiger partial charge in [-0.1, -0.05) is 12.2 Å². The summed E-state index contributed by atoms with van der Waals surface area (Å²) in [5, 5.41) is 0. The zero-order chi connectivity index (χ0) is 10.1. The van der Waals surface area contributed by atoms with Crippen LogP contribution in [0.5, 0.6) is 0 Å². The fourth-order valence-electron chi connectivity index (χ4n) is 2.33. The third-order valence-corrected chi connectivity index (χ3v) is 3.02. The molecule has 2 rings (SSSR count). The summed E-state index contributed by atoms with van der Waals surface area (Å²) in [6, 6.07) is 0.138. The molecular formula is C10H13NO3. The maximum absolute atomic E-state index is 11.4. The Kier molecular flexibility index (Phi) is 2.27. The number of carbonyl (C=O) groups excluding carboxylic acids is 2. The lowest BCUT2D eigenvalue weighted by atomic mass is 9.98. The van der Waals surface area contributed by atoms with Crippen LogP contribution >= 0.6 is 0 Å². The molecular weight excluding hydrogens is 182 g/mol. The molecule has 2 aliphatic heterocycles. The van der Waals surface area contributed by atoms with Crippen LogP contribution in [0.15, 0.2) is 12.2 Å². The highest BCUT2D eigenvalue weighted by Gasteiger charge is 2.42. The monoisotopic (exact) mass is 195 g/mol. The van der Waals surface area contributed by atoms with E-state index in [1.54, 1.807) is 4.90 Å². The van der Waals surface area contributed by atoms with E-state index < -0.39 is 0 Å². The quantitative estimate of drug-likeness (QED) is 0.462. The normalized spacial score (nSPS) is 34.4. The maximum Gasteiger partial charge on any atom is 0.410 e. The summed E-state index contributed by atoms with van der Waals surface area (Å²) in [4.78, 5) is 23.9. The molecule has 0 spiro atoms. The number of ether oxygens (including phenoxy) is 1. The Bertz CT molecular complexity index is 287. The predicted octanol–water partition coefficient (Wildman–Crippen LogP) is 0.971. The second-order valence-corrected chi connectivity index (χ2v) is 3.69. The van der Waals surface area contributed by atoms with Gasteiger partial charge < -0.3 is 9.53 Å². The molecule has 0 radical (unpaired) electrons. The third kappa shape index (κ3) is 1.22. The number of methoxy groups -OCH3 is 1. The summed E-state index contributed by atoms with van der Waals surface area (Å²) < 4.78 is 4.70. The first-order valence-corrected chi connectivity index (χ1v) is 4.78. The van der Waals surface area contributed by atoms with Crippen molar-refractivity contribution >= 4 is 12.4 Å². The summed E-state index contributed by atoms with van der Waals surface area (Å²) in [6.07, 6.45) is 6.22. The molecule has 0 N–H and O–H groups in total. The number of amides is 1. The molecule has 4 heteroatoms. The average molecular weight is 195 g/mol. The Hall–Kier alpha value is -1.32. The molecule has 0 aliphatic carbocycles. The average Bonchev–Trinajstić information content (AvgIpc) is 2.52. The fourth-order valence-corrected chi connectivity index (χ4v) is 2.33. The highest BCUT2D eigenvalue weighted by molar-refractivity contribution is 5.71. The molecule has 14 heavy (non-hydrogen) atoms. The van der Waals surface area contributed by atoms with Crippen LogP contribution in [-0.4, -0.2) is 36.5 Å². The number of rotatable bonds is 1. The molecule has 0 unspecified atom stereocenters. The van der Waals surface area contributed by atoms with Crippen molar-refractivity contribution in [1.29, 1.82) is 0 Å². The maximum atomic E-state index is 11.4. The number of aldehydes is 1. The van der Waals surface area contributed by atoms with Gasteiger partial charge >= 0.3 is 6.09 Å². The Morgan fingerprint density at radius 3 is 2.93 bits per heavy atom. The van der Waals surface area contributed by atoms with Crippen molar-refractivity contribution in [1.82, 2.24) is 4.90 Å². The van der Waals surface area contributed by atoms with Crippen molar-refractivity contribution < 1.29 is 14.3 Å². The van der Waals surface area contributed by atoms with Gasteiger partial charge in [-0.05, 0) is 12.8 Å². The number of nitrogens with zero attached hydrogens (tertiary/aromatic N) is 1. The van der Waals surface area contributed by atoms with Gasteiger partial charge in [0.1, 0.15) is 6.29 Å². The minimum atomic E-state index is -0.325. The van der Waals surface area contributed by atoms with E-state index in [-0.39, 0.29) is 24.1 Å². The first-order chi connectivity index (χ1) is 6.77. The molecule has 76 valence electrons. The highest BCUT2D eigenvalue weighted by Crippen LogP contribution is 2.34. The Balaban J connectivity index is 2.24. The van der Waals surface area contributed by atoms with E-state index in [0.29, 0.717) is 0 Å². The van der Waals surface area contributed by atoms with E-state index in [2.05, 4.69) is 0 Å². The summed E-state index contributed by atoms with van der Waals surface area (Å²) in [5.74, 6) is -0.159. The highest BCUT2D eigenvalue weighted by atomic mass is 16.5. The van der Waals surface area contributed by atoms with Gasteiger partial charge in [0.05, 0.1) is 19.1 Å². The van der Waals surface area contributed by atoms with Gasteiger partial charge in [0, 0.05) is 6.04 Å². The van der Waals surface area contributed by atoms with Crippen molar-refractivity contribution in [3.63, 3.8) is 0 Å². The molecule has 2 bridgehead atoms. The lowest BCUT2D eigenvalue weighted by Gasteiger charge is -2.32. The second-order valence-electron chi connectivity index (χ2n) is 3.69. The van der Waals surface area contributed by atoms with E-state index >= 15 is 0 Å². The Morgan fingerprint density at radius 1 is 1.50 bits per heavy atom. The van der Waals surface area contributed by atoms with Gasteiger partial charge in [-0.2, -0.15) is 0 Å². The summed E-state index contributed by atoms with van der Waals surface area (Å²) in [7, 11) is 1.37. The molecule has 0 aromatic rings. The number of hydrogen-bond acceptors (Lipinski definition) is 3. The van der Waals surface area contributed by atoms with Crippen LogP contribution in [0.1, 0.15) is 12.8 Å². The summed E-state index contributed by atoms with van der Waals surface area (Å²) in [5.41, 5.74) is 0. The summed E-state index contributed by atoms with van der Waals surface area (Å²) >= 11 is 0. The van der Waals surface area contributed by atoms with Gasteiger partial charge in [-0.15, -0.1) is 0 Å². The minimum absolute atomic E-state index is 0.00921. The third-order valence-electron chi connectivity index (χ3n) is 3.02. The smallest absolute Gasteiger partial charge is 0.410 e. The van der Waals surface area contributed by atoms with Crippen molar-refractivity contribution in [3.8, 4) is 0 Å². The van der Waals surface area contributed by atoms with Crippen LogP contribution in [0.25, 0.3) is 0 Å². The molecule has 0 aromatic heterocycles. The minimum Gasteiger partial charge on any atom is -0.453 e. The van der Waals surface area contributed by atoms with Gasteiger partial charge in [-0.3, -0.25) is 4.90 Å². The number of carbonyl (C=O) groups is 2. The first-order valence-electron chi connectivity index (χ1n) is 4.78. The molecule has 0 aromatic carbocycles. The molecule has 1 fully saturated rings. The van der Waals surface area contributed by atoms with E-state index in [0.717, 1.165) is 19.1 Å². The van der Waals surface area contributed by atoms with Gasteiger partial charge in [-0.25, -0.2) is 4.79 Å². The SMILES string of the molecule is COC(=O)N1[C@H]2C=C[C@@H](C=O)[C@@H]1CC2. The fraction of sp³-hybridized carbons (Fsp3) is 0.600. The second kappa shape index (κ2) is 3.44. The molecule has 4 nitrogen and oxygen atoms in total. The topological polar surface area (TPSA) is 46.6 Å². The van der Waals surface area contributed by atoms with Crippen LogP contribution in [0.4, 0.5) is 4.79 Å². The van der Waals surface area contributed by atoms with Crippen molar-refractivity contribution in [2.24, 2.45) is 5.92 Å². The first kappa shape index (κ1) is 9.24. The molecule has 1 saturated heterocycles. The Labute approximate surface area is 82.5 Å². The molecule has 2 heterocycles. The molecule has 2 aliphatic rings. The van der Waals surface area contributed by atoms with Crippen molar-refractivity contribution in [2.45, 2.75) is 24.9 Å². The van der Waals surface area contributed by atoms with Crippen molar-refractivity contribution in [3.05, 3.63) is 12.2 Å². The van der Waals surface area contributed by atoms with E-state index in [9.17, 15) is 9.59 Å². The largest absolute Gasteiger partial charge is 0.453 e. The van der Waals surface area contributed by atoms with Crippen LogP contribution in [0.3, 0.4) is 0 Å². The lowest BCUT2D eigenvalue weighted by Crippen LogP contribution is -2.46. The molecule has 1 amide bonds.